The molecule has 0 spiro atoms. The summed E-state index contributed by atoms with van der Waals surface area (Å²) in [6, 6.07) is 1.61. The van der Waals surface area contributed by atoms with Crippen LogP contribution in [0.15, 0.2) is 10.5 Å². The third kappa shape index (κ3) is 2.48. The summed E-state index contributed by atoms with van der Waals surface area (Å²) in [6.45, 7) is 0.830. The van der Waals surface area contributed by atoms with Crippen LogP contribution >= 0.6 is 15.9 Å². The lowest BCUT2D eigenvalue weighted by Crippen LogP contribution is -2.23. The van der Waals surface area contributed by atoms with Crippen LogP contribution in [0.2, 0.25) is 0 Å². The van der Waals surface area contributed by atoms with Crippen molar-refractivity contribution in [2.75, 3.05) is 26.9 Å². The van der Waals surface area contributed by atoms with Gasteiger partial charge in [-0.3, -0.25) is 4.79 Å². The number of benzene rings is 1. The first-order chi connectivity index (χ1) is 9.10. The number of hydrogen-bond donors (Lipinski definition) is 2. The number of fused-ring (bicyclic) bond motifs is 1. The number of nitrogens with two attached hydrogens (primary N) is 1. The molecular formula is C12H14BrNO5. The molecule has 1 aromatic carbocycles. The lowest BCUT2D eigenvalue weighted by atomic mass is 9.97. The molecule has 0 aromatic heterocycles. The highest BCUT2D eigenvalue weighted by atomic mass is 79.9. The molecule has 0 amide bonds. The Hall–Kier alpha value is -1.47. The van der Waals surface area contributed by atoms with Gasteiger partial charge in [0.05, 0.1) is 13.0 Å². The highest BCUT2D eigenvalue weighted by Gasteiger charge is 2.29. The Morgan fingerprint density at radius 2 is 2.26 bits per heavy atom. The molecule has 1 aliphatic heterocycles. The average molecular weight is 332 g/mol. The smallest absolute Gasteiger partial charge is 0.312 e. The van der Waals surface area contributed by atoms with Crippen LogP contribution in [-0.4, -0.2) is 37.9 Å². The molecule has 0 radical (unpaired) electrons. The summed E-state index contributed by atoms with van der Waals surface area (Å²) in [7, 11) is 1.47. The predicted molar refractivity (Wildman–Crippen MR) is 71.1 cm³/mol. The molecule has 0 saturated carbocycles. The Morgan fingerprint density at radius 1 is 1.58 bits per heavy atom. The average Bonchev–Trinajstić information content (AvgIpc) is 2.39. The highest BCUT2D eigenvalue weighted by molar-refractivity contribution is 9.10. The SMILES string of the molecule is COc1c(C(CN)C(=O)O)cc2c(c1Br)OCCO2. The fourth-order valence-electron chi connectivity index (χ4n) is 1.97. The topological polar surface area (TPSA) is 91.0 Å². The fourth-order valence-corrected chi connectivity index (χ4v) is 2.68. The highest BCUT2D eigenvalue weighted by Crippen LogP contribution is 2.47. The molecule has 1 heterocycles. The quantitative estimate of drug-likeness (QED) is 0.865. The van der Waals surface area contributed by atoms with Crippen molar-refractivity contribution in [2.45, 2.75) is 5.92 Å². The molecule has 1 aromatic rings. The number of methoxy groups -OCH3 is 1. The number of halogens is 1. The van der Waals surface area contributed by atoms with Crippen LogP contribution in [0, 0.1) is 0 Å². The normalized spacial score (nSPS) is 14.9. The number of hydrogen-bond acceptors (Lipinski definition) is 5. The van der Waals surface area contributed by atoms with E-state index < -0.39 is 11.9 Å². The summed E-state index contributed by atoms with van der Waals surface area (Å²) >= 11 is 3.36. The van der Waals surface area contributed by atoms with Gasteiger partial charge in [0.1, 0.15) is 23.4 Å². The molecule has 7 heteroatoms. The van der Waals surface area contributed by atoms with Crippen molar-refractivity contribution in [1.82, 2.24) is 0 Å². The van der Waals surface area contributed by atoms with E-state index in [1.54, 1.807) is 6.07 Å². The molecule has 0 saturated heterocycles. The van der Waals surface area contributed by atoms with Gasteiger partial charge in [0.25, 0.3) is 0 Å². The van der Waals surface area contributed by atoms with E-state index in [0.29, 0.717) is 40.5 Å². The van der Waals surface area contributed by atoms with E-state index in [9.17, 15) is 9.90 Å². The van der Waals surface area contributed by atoms with Gasteiger partial charge in [0.2, 0.25) is 0 Å². The van der Waals surface area contributed by atoms with Crippen LogP contribution in [0.4, 0.5) is 0 Å². The van der Waals surface area contributed by atoms with Crippen LogP contribution in [0.25, 0.3) is 0 Å². The summed E-state index contributed by atoms with van der Waals surface area (Å²) in [5.74, 6) is -0.449. The third-order valence-electron chi connectivity index (χ3n) is 2.87. The fraction of sp³-hybridized carbons (Fsp3) is 0.417. The van der Waals surface area contributed by atoms with Crippen molar-refractivity contribution < 1.29 is 24.1 Å². The summed E-state index contributed by atoms with van der Waals surface area (Å²) in [4.78, 5) is 11.3. The lowest BCUT2D eigenvalue weighted by Gasteiger charge is -2.24. The van der Waals surface area contributed by atoms with Crippen molar-refractivity contribution in [3.8, 4) is 17.2 Å². The molecule has 3 N–H and O–H groups in total. The second-order valence-corrected chi connectivity index (χ2v) is 4.76. The Balaban J connectivity index is 2.59. The number of ether oxygens (including phenoxy) is 3. The zero-order valence-electron chi connectivity index (χ0n) is 10.3. The minimum Gasteiger partial charge on any atom is -0.495 e. The van der Waals surface area contributed by atoms with Gasteiger partial charge in [-0.25, -0.2) is 0 Å². The monoisotopic (exact) mass is 331 g/mol. The first kappa shape index (κ1) is 14.0. The molecule has 0 fully saturated rings. The zero-order valence-corrected chi connectivity index (χ0v) is 11.9. The maximum absolute atomic E-state index is 11.3. The third-order valence-corrected chi connectivity index (χ3v) is 3.59. The second-order valence-electron chi connectivity index (χ2n) is 3.96. The van der Waals surface area contributed by atoms with Gasteiger partial charge in [-0.1, -0.05) is 0 Å². The van der Waals surface area contributed by atoms with E-state index in [-0.39, 0.29) is 6.54 Å². The van der Waals surface area contributed by atoms with Crippen molar-refractivity contribution in [3.05, 3.63) is 16.1 Å². The van der Waals surface area contributed by atoms with E-state index in [2.05, 4.69) is 15.9 Å². The maximum Gasteiger partial charge on any atom is 0.312 e. The van der Waals surface area contributed by atoms with Gasteiger partial charge >= 0.3 is 5.97 Å². The van der Waals surface area contributed by atoms with Crippen molar-refractivity contribution in [1.29, 1.82) is 0 Å². The summed E-state index contributed by atoms with van der Waals surface area (Å²) in [5.41, 5.74) is 6.00. The van der Waals surface area contributed by atoms with Crippen molar-refractivity contribution >= 4 is 21.9 Å². The molecule has 0 aliphatic carbocycles. The lowest BCUT2D eigenvalue weighted by molar-refractivity contribution is -0.138. The van der Waals surface area contributed by atoms with Crippen molar-refractivity contribution in [3.63, 3.8) is 0 Å². The summed E-state index contributed by atoms with van der Waals surface area (Å²) in [5, 5.41) is 9.22. The second kappa shape index (κ2) is 5.66. The molecule has 1 unspecified atom stereocenters. The van der Waals surface area contributed by atoms with Gasteiger partial charge in [0, 0.05) is 12.1 Å². The van der Waals surface area contributed by atoms with Gasteiger partial charge < -0.3 is 25.1 Å². The van der Waals surface area contributed by atoms with Crippen LogP contribution in [0.1, 0.15) is 11.5 Å². The van der Waals surface area contributed by atoms with Crippen LogP contribution in [0.3, 0.4) is 0 Å². The Kier molecular flexibility index (Phi) is 4.16. The number of carboxylic acids is 1. The number of aliphatic carboxylic acids is 1. The molecule has 2 rings (SSSR count). The van der Waals surface area contributed by atoms with E-state index in [0.717, 1.165) is 0 Å². The van der Waals surface area contributed by atoms with Crippen LogP contribution < -0.4 is 19.9 Å². The van der Waals surface area contributed by atoms with E-state index in [4.69, 9.17) is 19.9 Å². The molecule has 0 bridgehead atoms. The first-order valence-corrected chi connectivity index (χ1v) is 6.48. The number of rotatable bonds is 4. The minimum absolute atomic E-state index is 0.0300. The van der Waals surface area contributed by atoms with Gasteiger partial charge in [-0.05, 0) is 22.0 Å². The molecule has 6 nitrogen and oxygen atoms in total. The Labute approximate surface area is 118 Å². The van der Waals surface area contributed by atoms with Gasteiger partial charge in [0.15, 0.2) is 11.5 Å². The Bertz CT molecular complexity index is 505. The largest absolute Gasteiger partial charge is 0.495 e. The minimum atomic E-state index is -1.01. The van der Waals surface area contributed by atoms with E-state index in [1.165, 1.54) is 7.11 Å². The maximum atomic E-state index is 11.3. The molecule has 1 atom stereocenters. The van der Waals surface area contributed by atoms with Gasteiger partial charge in [-0.2, -0.15) is 0 Å². The van der Waals surface area contributed by atoms with E-state index in [1.807, 2.05) is 0 Å². The van der Waals surface area contributed by atoms with Crippen LogP contribution in [0.5, 0.6) is 17.2 Å². The molecular weight excluding hydrogens is 318 g/mol. The summed E-state index contributed by atoms with van der Waals surface area (Å²) < 4.78 is 16.8. The standard InChI is InChI=1S/C12H14BrNO5/c1-17-10-6(7(5-14)12(15)16)4-8-11(9(10)13)19-3-2-18-8/h4,7H,2-3,5,14H2,1H3,(H,15,16). The molecule has 104 valence electrons. The zero-order chi connectivity index (χ0) is 14.0. The molecule has 19 heavy (non-hydrogen) atoms. The predicted octanol–water partition coefficient (Wildman–Crippen LogP) is 1.36. The van der Waals surface area contributed by atoms with Crippen molar-refractivity contribution in [2.24, 2.45) is 5.73 Å². The van der Waals surface area contributed by atoms with Gasteiger partial charge in [-0.15, -0.1) is 0 Å². The Morgan fingerprint density at radius 3 is 2.84 bits per heavy atom. The summed E-state index contributed by atoms with van der Waals surface area (Å²) in [6.07, 6.45) is 0. The van der Waals surface area contributed by atoms with Crippen LogP contribution in [-0.2, 0) is 4.79 Å². The molecule has 1 aliphatic rings. The number of carbonyl (C=O) groups is 1. The first-order valence-electron chi connectivity index (χ1n) is 5.69. The van der Waals surface area contributed by atoms with E-state index >= 15 is 0 Å². The number of carboxylic acid groups (broad SMARTS) is 1.